The third kappa shape index (κ3) is 2.07. The first-order valence-electron chi connectivity index (χ1n) is 3.10. The van der Waals surface area contributed by atoms with E-state index in [1.807, 2.05) is 0 Å². The van der Waals surface area contributed by atoms with Gasteiger partial charge in [-0.2, -0.15) is 0 Å². The van der Waals surface area contributed by atoms with Crippen molar-refractivity contribution in [2.24, 2.45) is 17.2 Å². The molecule has 0 saturated carbocycles. The third-order valence-electron chi connectivity index (χ3n) is 1.59. The SMILES string of the molecule is Cl.NC1CCCOC1(N)N. The summed E-state index contributed by atoms with van der Waals surface area (Å²) in [5, 5.41) is 0. The minimum Gasteiger partial charge on any atom is -0.346 e. The molecule has 0 aromatic carbocycles. The van der Waals surface area contributed by atoms with Crippen LogP contribution in [0, 0.1) is 0 Å². The van der Waals surface area contributed by atoms with E-state index in [9.17, 15) is 0 Å². The van der Waals surface area contributed by atoms with E-state index in [0.29, 0.717) is 6.61 Å². The molecule has 1 aliphatic heterocycles. The second-order valence-electron chi connectivity index (χ2n) is 2.45. The van der Waals surface area contributed by atoms with Gasteiger partial charge in [0.1, 0.15) is 0 Å². The first-order chi connectivity index (χ1) is 4.13. The lowest BCUT2D eigenvalue weighted by Gasteiger charge is -2.34. The van der Waals surface area contributed by atoms with Gasteiger partial charge in [0.05, 0.1) is 12.6 Å². The van der Waals surface area contributed by atoms with Crippen LogP contribution in [0.1, 0.15) is 12.8 Å². The van der Waals surface area contributed by atoms with Crippen LogP contribution in [0.4, 0.5) is 0 Å². The molecular weight excluding hydrogens is 154 g/mol. The molecule has 0 bridgehead atoms. The van der Waals surface area contributed by atoms with Crippen LogP contribution in [0.15, 0.2) is 0 Å². The summed E-state index contributed by atoms with van der Waals surface area (Å²) in [4.78, 5) is 0. The van der Waals surface area contributed by atoms with E-state index in [2.05, 4.69) is 0 Å². The van der Waals surface area contributed by atoms with Crippen molar-refractivity contribution in [2.45, 2.75) is 24.7 Å². The molecule has 1 saturated heterocycles. The summed E-state index contributed by atoms with van der Waals surface area (Å²) in [5.74, 6) is -1.09. The summed E-state index contributed by atoms with van der Waals surface area (Å²) >= 11 is 0. The van der Waals surface area contributed by atoms with Crippen LogP contribution >= 0.6 is 12.4 Å². The maximum atomic E-state index is 5.54. The van der Waals surface area contributed by atoms with E-state index in [1.165, 1.54) is 0 Å². The van der Waals surface area contributed by atoms with Crippen molar-refractivity contribution < 1.29 is 4.74 Å². The van der Waals surface area contributed by atoms with E-state index >= 15 is 0 Å². The van der Waals surface area contributed by atoms with Gasteiger partial charge in [-0.25, -0.2) is 0 Å². The molecule has 0 radical (unpaired) electrons. The molecule has 0 amide bonds. The molecule has 0 spiro atoms. The lowest BCUT2D eigenvalue weighted by molar-refractivity contribution is -0.0833. The lowest BCUT2D eigenvalue weighted by atomic mass is 10.1. The van der Waals surface area contributed by atoms with Crippen molar-refractivity contribution in [1.29, 1.82) is 0 Å². The van der Waals surface area contributed by atoms with Gasteiger partial charge in [0.15, 0.2) is 5.85 Å². The zero-order chi connectivity index (χ0) is 6.91. The monoisotopic (exact) mass is 167 g/mol. The van der Waals surface area contributed by atoms with Crippen LogP contribution in [0.5, 0.6) is 0 Å². The van der Waals surface area contributed by atoms with E-state index in [-0.39, 0.29) is 18.4 Å². The van der Waals surface area contributed by atoms with Crippen molar-refractivity contribution in [3.8, 4) is 0 Å². The smallest absolute Gasteiger partial charge is 0.185 e. The Bertz CT molecular complexity index is 109. The highest BCUT2D eigenvalue weighted by atomic mass is 35.5. The van der Waals surface area contributed by atoms with Crippen molar-refractivity contribution in [1.82, 2.24) is 0 Å². The van der Waals surface area contributed by atoms with E-state index in [4.69, 9.17) is 21.9 Å². The number of halogens is 1. The molecule has 1 atom stereocenters. The molecule has 1 heterocycles. The molecule has 6 N–H and O–H groups in total. The van der Waals surface area contributed by atoms with Crippen molar-refractivity contribution in [3.63, 3.8) is 0 Å². The van der Waals surface area contributed by atoms with Crippen molar-refractivity contribution >= 4 is 12.4 Å². The van der Waals surface area contributed by atoms with Gasteiger partial charge in [0.2, 0.25) is 0 Å². The van der Waals surface area contributed by atoms with Gasteiger partial charge in [-0.05, 0) is 12.8 Å². The third-order valence-corrected chi connectivity index (χ3v) is 1.59. The van der Waals surface area contributed by atoms with Crippen LogP contribution in [0.3, 0.4) is 0 Å². The predicted octanol–water partition coefficient (Wildman–Crippen LogP) is -0.883. The minimum atomic E-state index is -1.09. The van der Waals surface area contributed by atoms with E-state index in [0.717, 1.165) is 12.8 Å². The summed E-state index contributed by atoms with van der Waals surface area (Å²) in [6.45, 7) is 0.626. The maximum absolute atomic E-state index is 5.54. The number of hydrogen-bond acceptors (Lipinski definition) is 4. The summed E-state index contributed by atoms with van der Waals surface area (Å²) in [6, 6.07) is -0.216. The summed E-state index contributed by atoms with van der Waals surface area (Å²) in [6.07, 6.45) is 1.81. The summed E-state index contributed by atoms with van der Waals surface area (Å²) < 4.78 is 5.01. The Hall–Kier alpha value is 0.130. The fourth-order valence-electron chi connectivity index (χ4n) is 0.885. The second kappa shape index (κ2) is 3.50. The first kappa shape index (κ1) is 10.1. The summed E-state index contributed by atoms with van der Waals surface area (Å²) in [5.41, 5.74) is 16.4. The average molecular weight is 168 g/mol. The molecule has 62 valence electrons. The number of rotatable bonds is 0. The maximum Gasteiger partial charge on any atom is 0.185 e. The second-order valence-corrected chi connectivity index (χ2v) is 2.45. The lowest BCUT2D eigenvalue weighted by Crippen LogP contribution is -2.66. The molecule has 1 unspecified atom stereocenters. The molecule has 0 aromatic rings. The molecule has 1 aliphatic rings. The molecule has 0 aromatic heterocycles. The van der Waals surface area contributed by atoms with Crippen molar-refractivity contribution in [2.75, 3.05) is 6.61 Å². The molecule has 10 heavy (non-hydrogen) atoms. The predicted molar refractivity (Wildman–Crippen MR) is 41.5 cm³/mol. The van der Waals surface area contributed by atoms with Gasteiger partial charge in [-0.3, -0.25) is 11.5 Å². The molecule has 0 aliphatic carbocycles. The molecule has 4 nitrogen and oxygen atoms in total. The van der Waals surface area contributed by atoms with E-state index in [1.54, 1.807) is 0 Å². The molecule has 1 rings (SSSR count). The quantitative estimate of drug-likeness (QED) is 0.409. The zero-order valence-electron chi connectivity index (χ0n) is 5.75. The van der Waals surface area contributed by atoms with Gasteiger partial charge in [-0.15, -0.1) is 12.4 Å². The van der Waals surface area contributed by atoms with Crippen LogP contribution in [-0.4, -0.2) is 18.5 Å². The van der Waals surface area contributed by atoms with Crippen molar-refractivity contribution in [3.05, 3.63) is 0 Å². The fraction of sp³-hybridized carbons (Fsp3) is 1.00. The Balaban J connectivity index is 0.000000810. The minimum absolute atomic E-state index is 0. The highest BCUT2D eigenvalue weighted by Crippen LogP contribution is 2.12. The Kier molecular flexibility index (Phi) is 3.55. The standard InChI is InChI=1S/C5H13N3O.ClH/c6-4-2-1-3-9-5(4,7)8;/h4H,1-3,6-8H2;1H. The van der Waals surface area contributed by atoms with Gasteiger partial charge < -0.3 is 10.5 Å². The Morgan fingerprint density at radius 1 is 1.40 bits per heavy atom. The van der Waals surface area contributed by atoms with Crippen LogP contribution < -0.4 is 17.2 Å². The first-order valence-corrected chi connectivity index (χ1v) is 3.10. The highest BCUT2D eigenvalue weighted by molar-refractivity contribution is 5.85. The van der Waals surface area contributed by atoms with Crippen LogP contribution in [0.25, 0.3) is 0 Å². The van der Waals surface area contributed by atoms with Crippen LogP contribution in [-0.2, 0) is 4.74 Å². The summed E-state index contributed by atoms with van der Waals surface area (Å²) in [7, 11) is 0. The number of ether oxygens (including phenoxy) is 1. The largest absolute Gasteiger partial charge is 0.346 e. The molecule has 1 fully saturated rings. The molecule has 5 heteroatoms. The highest BCUT2D eigenvalue weighted by Gasteiger charge is 2.31. The average Bonchev–Trinajstić information content (AvgIpc) is 1.77. The molecular formula is C5H14ClN3O. The fourth-order valence-corrected chi connectivity index (χ4v) is 0.885. The van der Waals surface area contributed by atoms with Crippen LogP contribution in [0.2, 0.25) is 0 Å². The van der Waals surface area contributed by atoms with Gasteiger partial charge in [0.25, 0.3) is 0 Å². The van der Waals surface area contributed by atoms with Gasteiger partial charge >= 0.3 is 0 Å². The van der Waals surface area contributed by atoms with Gasteiger partial charge in [0, 0.05) is 0 Å². The van der Waals surface area contributed by atoms with Gasteiger partial charge in [-0.1, -0.05) is 0 Å². The Labute approximate surface area is 66.5 Å². The Morgan fingerprint density at radius 2 is 2.00 bits per heavy atom. The Morgan fingerprint density at radius 3 is 2.30 bits per heavy atom. The number of hydrogen-bond donors (Lipinski definition) is 3. The topological polar surface area (TPSA) is 87.3 Å². The normalized spacial score (nSPS) is 30.9. The zero-order valence-corrected chi connectivity index (χ0v) is 6.56. The number of nitrogens with two attached hydrogens (primary N) is 3. The van der Waals surface area contributed by atoms with E-state index < -0.39 is 5.85 Å².